The molecule has 5 heteroatoms. The molecule has 2 aromatic rings. The van der Waals surface area contributed by atoms with Gasteiger partial charge in [-0.2, -0.15) is 0 Å². The van der Waals surface area contributed by atoms with Crippen LogP contribution in [-0.4, -0.2) is 29.6 Å². The zero-order valence-corrected chi connectivity index (χ0v) is 16.2. The van der Waals surface area contributed by atoms with Gasteiger partial charge >= 0.3 is 0 Å². The second kappa shape index (κ2) is 7.46. The average Bonchev–Trinajstić information content (AvgIpc) is 2.63. The lowest BCUT2D eigenvalue weighted by Crippen LogP contribution is -2.55. The maximum Gasteiger partial charge on any atom is 0.119 e. The minimum atomic E-state index is -1.01. The molecule has 2 nitrogen and oxygen atoms in total. The van der Waals surface area contributed by atoms with Crippen LogP contribution in [0.5, 0.6) is 0 Å². The quantitative estimate of drug-likeness (QED) is 0.787. The summed E-state index contributed by atoms with van der Waals surface area (Å²) >= 11 is 12.1. The monoisotopic (exact) mass is 397 g/mol. The Hall–Kier alpha value is -0.770. The zero-order valence-electron chi connectivity index (χ0n) is 13.9. The summed E-state index contributed by atoms with van der Waals surface area (Å²) in [4.78, 5) is 2.47. The molecule has 3 heterocycles. The molecule has 1 unspecified atom stereocenters. The fourth-order valence-electron chi connectivity index (χ4n) is 4.44. The van der Waals surface area contributed by atoms with Crippen LogP contribution < -0.4 is 0 Å². The van der Waals surface area contributed by atoms with Crippen LogP contribution in [0.4, 0.5) is 0 Å². The summed E-state index contributed by atoms with van der Waals surface area (Å²) < 4.78 is 0. The highest BCUT2D eigenvalue weighted by atomic mass is 35.5. The van der Waals surface area contributed by atoms with Crippen molar-refractivity contribution in [3.8, 4) is 0 Å². The van der Waals surface area contributed by atoms with Gasteiger partial charge in [0.05, 0.1) is 0 Å². The van der Waals surface area contributed by atoms with E-state index < -0.39 is 5.60 Å². The molecular formula is C20H22Cl3NO. The Morgan fingerprint density at radius 2 is 1.28 bits per heavy atom. The predicted molar refractivity (Wildman–Crippen MR) is 106 cm³/mol. The van der Waals surface area contributed by atoms with Crippen LogP contribution in [0.15, 0.2) is 48.5 Å². The van der Waals surface area contributed by atoms with Gasteiger partial charge in [0.2, 0.25) is 0 Å². The van der Waals surface area contributed by atoms with Crippen LogP contribution >= 0.6 is 35.6 Å². The fourth-order valence-corrected chi connectivity index (χ4v) is 4.69. The summed E-state index contributed by atoms with van der Waals surface area (Å²) in [5.41, 5.74) is 0.805. The molecule has 3 saturated heterocycles. The van der Waals surface area contributed by atoms with E-state index in [0.717, 1.165) is 43.6 Å². The molecule has 134 valence electrons. The Bertz CT molecular complexity index is 663. The molecule has 0 radical (unpaired) electrons. The molecule has 1 N–H and O–H groups in total. The molecule has 0 spiro atoms. The molecule has 0 amide bonds. The highest BCUT2D eigenvalue weighted by Gasteiger charge is 2.48. The Balaban J connectivity index is 0.00000182. The van der Waals surface area contributed by atoms with Crippen molar-refractivity contribution in [2.75, 3.05) is 19.6 Å². The lowest BCUT2D eigenvalue weighted by atomic mass is 9.65. The number of fused-ring (bicyclic) bond motifs is 3. The smallest absolute Gasteiger partial charge is 0.119 e. The number of piperidine rings is 3. The highest BCUT2D eigenvalue weighted by molar-refractivity contribution is 6.30. The molecule has 25 heavy (non-hydrogen) atoms. The van der Waals surface area contributed by atoms with Gasteiger partial charge in [-0.1, -0.05) is 47.5 Å². The lowest BCUT2D eigenvalue weighted by Gasteiger charge is -2.51. The molecule has 0 saturated carbocycles. The van der Waals surface area contributed by atoms with Gasteiger partial charge < -0.3 is 10.0 Å². The van der Waals surface area contributed by atoms with E-state index in [1.165, 1.54) is 0 Å². The van der Waals surface area contributed by atoms with Crippen LogP contribution in [0.3, 0.4) is 0 Å². The van der Waals surface area contributed by atoms with E-state index in [9.17, 15) is 5.11 Å². The maximum atomic E-state index is 12.0. The summed E-state index contributed by atoms with van der Waals surface area (Å²) in [6.07, 6.45) is 2.32. The molecule has 1 atom stereocenters. The number of aliphatic hydroxyl groups is 1. The first kappa shape index (κ1) is 19.0. The van der Waals surface area contributed by atoms with Crippen molar-refractivity contribution in [3.05, 3.63) is 69.7 Å². The Morgan fingerprint density at radius 3 is 1.64 bits per heavy atom. The van der Waals surface area contributed by atoms with Crippen LogP contribution in [0, 0.1) is 11.8 Å². The van der Waals surface area contributed by atoms with Gasteiger partial charge in [-0.05, 0) is 67.2 Å². The highest BCUT2D eigenvalue weighted by Crippen LogP contribution is 2.47. The number of hydrogen-bond acceptors (Lipinski definition) is 2. The number of nitrogens with zero attached hydrogens (tertiary/aromatic N) is 1. The minimum absolute atomic E-state index is 0. The van der Waals surface area contributed by atoms with Crippen LogP contribution in [0.1, 0.15) is 24.0 Å². The van der Waals surface area contributed by atoms with E-state index in [-0.39, 0.29) is 18.3 Å². The third kappa shape index (κ3) is 3.43. The van der Waals surface area contributed by atoms with Crippen LogP contribution in [0.2, 0.25) is 10.0 Å². The first-order valence-corrected chi connectivity index (χ1v) is 9.30. The third-order valence-electron chi connectivity index (χ3n) is 5.76. The lowest BCUT2D eigenvalue weighted by molar-refractivity contribution is -0.0764. The second-order valence-electron chi connectivity index (χ2n) is 7.02. The van der Waals surface area contributed by atoms with E-state index in [4.69, 9.17) is 23.2 Å². The maximum absolute atomic E-state index is 12.0. The molecule has 3 aliphatic heterocycles. The van der Waals surface area contributed by atoms with Crippen molar-refractivity contribution >= 4 is 35.6 Å². The van der Waals surface area contributed by atoms with Crippen molar-refractivity contribution in [2.24, 2.45) is 11.8 Å². The van der Waals surface area contributed by atoms with Gasteiger partial charge in [0.1, 0.15) is 5.60 Å². The predicted octanol–water partition coefficient (Wildman–Crippen LogP) is 4.99. The Kier molecular flexibility index (Phi) is 5.67. The summed E-state index contributed by atoms with van der Waals surface area (Å²) in [6.45, 7) is 3.24. The zero-order chi connectivity index (χ0) is 16.7. The molecular weight excluding hydrogens is 377 g/mol. The molecule has 5 rings (SSSR count). The average molecular weight is 399 g/mol. The molecule has 2 aromatic carbocycles. The van der Waals surface area contributed by atoms with E-state index in [2.05, 4.69) is 4.90 Å². The van der Waals surface area contributed by atoms with E-state index >= 15 is 0 Å². The van der Waals surface area contributed by atoms with Crippen molar-refractivity contribution in [1.29, 1.82) is 0 Å². The fraction of sp³-hybridized carbons (Fsp3) is 0.400. The molecule has 3 fully saturated rings. The summed E-state index contributed by atoms with van der Waals surface area (Å²) in [6, 6.07) is 15.3. The molecule has 2 bridgehead atoms. The van der Waals surface area contributed by atoms with E-state index in [1.807, 2.05) is 48.5 Å². The van der Waals surface area contributed by atoms with E-state index in [1.54, 1.807) is 0 Å². The van der Waals surface area contributed by atoms with Crippen molar-refractivity contribution in [1.82, 2.24) is 4.90 Å². The first-order valence-electron chi connectivity index (χ1n) is 8.54. The van der Waals surface area contributed by atoms with Gasteiger partial charge in [0, 0.05) is 22.5 Å². The van der Waals surface area contributed by atoms with Crippen LogP contribution in [0.25, 0.3) is 0 Å². The third-order valence-corrected chi connectivity index (χ3v) is 6.27. The standard InChI is InChI=1S/C20H21Cl2NO.ClH/c21-17-5-1-15(2-6-17)20(24,16-3-7-18(22)8-4-16)19-13-23-11-9-14(19)10-12-23;/h1-8,14,19,24H,9-13H2;1H. The first-order chi connectivity index (χ1) is 11.6. The Morgan fingerprint density at radius 1 is 0.840 bits per heavy atom. The van der Waals surface area contributed by atoms with Gasteiger partial charge in [-0.15, -0.1) is 12.4 Å². The normalized spacial score (nSPS) is 25.5. The number of rotatable bonds is 3. The number of hydrogen-bond donors (Lipinski definition) is 1. The number of benzene rings is 2. The van der Waals surface area contributed by atoms with Crippen LogP contribution in [-0.2, 0) is 5.60 Å². The van der Waals surface area contributed by atoms with Crippen molar-refractivity contribution in [2.45, 2.75) is 18.4 Å². The molecule has 0 aromatic heterocycles. The van der Waals surface area contributed by atoms with Gasteiger partial charge in [0.25, 0.3) is 0 Å². The van der Waals surface area contributed by atoms with E-state index in [0.29, 0.717) is 16.0 Å². The SMILES string of the molecule is Cl.OC(c1ccc(Cl)cc1)(c1ccc(Cl)cc1)C1CN2CCC1CC2. The Labute approximate surface area is 165 Å². The number of halogens is 3. The van der Waals surface area contributed by atoms with Gasteiger partial charge in [0.15, 0.2) is 0 Å². The van der Waals surface area contributed by atoms with Gasteiger partial charge in [-0.3, -0.25) is 0 Å². The minimum Gasteiger partial charge on any atom is -0.380 e. The largest absolute Gasteiger partial charge is 0.380 e. The van der Waals surface area contributed by atoms with Crippen molar-refractivity contribution < 1.29 is 5.11 Å². The summed E-state index contributed by atoms with van der Waals surface area (Å²) in [5, 5.41) is 13.3. The topological polar surface area (TPSA) is 23.5 Å². The molecule has 0 aliphatic carbocycles. The van der Waals surface area contributed by atoms with Crippen molar-refractivity contribution in [3.63, 3.8) is 0 Å². The molecule has 3 aliphatic rings. The summed E-state index contributed by atoms with van der Waals surface area (Å²) in [7, 11) is 0. The van der Waals surface area contributed by atoms with Gasteiger partial charge in [-0.25, -0.2) is 0 Å². The summed E-state index contributed by atoms with van der Waals surface area (Å²) in [5.74, 6) is 0.730. The second-order valence-corrected chi connectivity index (χ2v) is 7.90.